The van der Waals surface area contributed by atoms with Gasteiger partial charge in [0.15, 0.2) is 0 Å². The zero-order valence-corrected chi connectivity index (χ0v) is 9.97. The Morgan fingerprint density at radius 3 is 2.78 bits per heavy atom. The van der Waals surface area contributed by atoms with Crippen molar-refractivity contribution in [3.63, 3.8) is 0 Å². The lowest BCUT2D eigenvalue weighted by Gasteiger charge is -2.06. The molecule has 2 aromatic rings. The highest BCUT2D eigenvalue weighted by Gasteiger charge is 1.99. The fourth-order valence-corrected chi connectivity index (χ4v) is 1.59. The van der Waals surface area contributed by atoms with E-state index >= 15 is 0 Å². The van der Waals surface area contributed by atoms with E-state index in [0.29, 0.717) is 18.9 Å². The van der Waals surface area contributed by atoms with Gasteiger partial charge in [0.2, 0.25) is 0 Å². The SMILES string of the molecule is NCCc1ccc(OCc2cccc(F)c2)cn1. The molecule has 0 saturated carbocycles. The number of benzene rings is 1. The van der Waals surface area contributed by atoms with E-state index in [1.807, 2.05) is 18.2 Å². The van der Waals surface area contributed by atoms with Crippen molar-refractivity contribution >= 4 is 0 Å². The van der Waals surface area contributed by atoms with E-state index in [4.69, 9.17) is 10.5 Å². The van der Waals surface area contributed by atoms with Crippen molar-refractivity contribution in [1.29, 1.82) is 0 Å². The molecule has 0 aliphatic heterocycles. The van der Waals surface area contributed by atoms with Gasteiger partial charge in [-0.25, -0.2) is 4.39 Å². The number of hydrogen-bond donors (Lipinski definition) is 1. The normalized spacial score (nSPS) is 10.3. The van der Waals surface area contributed by atoms with Crippen LogP contribution in [0.15, 0.2) is 42.6 Å². The van der Waals surface area contributed by atoms with E-state index in [1.54, 1.807) is 12.3 Å². The molecule has 3 nitrogen and oxygen atoms in total. The van der Waals surface area contributed by atoms with Gasteiger partial charge in [-0.15, -0.1) is 0 Å². The second-order valence-electron chi connectivity index (χ2n) is 3.94. The highest BCUT2D eigenvalue weighted by atomic mass is 19.1. The van der Waals surface area contributed by atoms with E-state index in [9.17, 15) is 4.39 Å². The second kappa shape index (κ2) is 6.12. The Morgan fingerprint density at radius 2 is 2.11 bits per heavy atom. The van der Waals surface area contributed by atoms with Crippen molar-refractivity contribution < 1.29 is 9.13 Å². The van der Waals surface area contributed by atoms with E-state index in [-0.39, 0.29) is 5.82 Å². The number of ether oxygens (including phenoxy) is 1. The zero-order chi connectivity index (χ0) is 12.8. The first-order valence-electron chi connectivity index (χ1n) is 5.80. The first-order chi connectivity index (χ1) is 8.78. The molecule has 1 aromatic carbocycles. The quantitative estimate of drug-likeness (QED) is 0.880. The molecule has 2 rings (SSSR count). The van der Waals surface area contributed by atoms with Gasteiger partial charge >= 0.3 is 0 Å². The summed E-state index contributed by atoms with van der Waals surface area (Å²) < 4.78 is 18.5. The van der Waals surface area contributed by atoms with E-state index in [2.05, 4.69) is 4.98 Å². The van der Waals surface area contributed by atoms with E-state index in [0.717, 1.165) is 17.7 Å². The topological polar surface area (TPSA) is 48.1 Å². The number of hydrogen-bond acceptors (Lipinski definition) is 3. The smallest absolute Gasteiger partial charge is 0.138 e. The van der Waals surface area contributed by atoms with Crippen LogP contribution < -0.4 is 10.5 Å². The van der Waals surface area contributed by atoms with Crippen molar-refractivity contribution in [2.45, 2.75) is 13.0 Å². The summed E-state index contributed by atoms with van der Waals surface area (Å²) in [6.45, 7) is 0.909. The van der Waals surface area contributed by atoms with E-state index < -0.39 is 0 Å². The van der Waals surface area contributed by atoms with Crippen LogP contribution >= 0.6 is 0 Å². The fraction of sp³-hybridized carbons (Fsp3) is 0.214. The first-order valence-corrected chi connectivity index (χ1v) is 5.80. The van der Waals surface area contributed by atoms with Gasteiger partial charge in [0.05, 0.1) is 6.20 Å². The summed E-state index contributed by atoms with van der Waals surface area (Å²) in [5.41, 5.74) is 7.17. The second-order valence-corrected chi connectivity index (χ2v) is 3.94. The molecular weight excluding hydrogens is 231 g/mol. The molecule has 2 N–H and O–H groups in total. The highest BCUT2D eigenvalue weighted by molar-refractivity contribution is 5.21. The maximum atomic E-state index is 13.0. The monoisotopic (exact) mass is 246 g/mol. The third kappa shape index (κ3) is 3.53. The number of rotatable bonds is 5. The van der Waals surface area contributed by atoms with Crippen LogP contribution in [0.25, 0.3) is 0 Å². The predicted molar refractivity (Wildman–Crippen MR) is 67.7 cm³/mol. The van der Waals surface area contributed by atoms with Gasteiger partial charge in [-0.1, -0.05) is 12.1 Å². The largest absolute Gasteiger partial charge is 0.487 e. The molecule has 0 fully saturated rings. The molecule has 0 saturated heterocycles. The lowest BCUT2D eigenvalue weighted by Crippen LogP contribution is -2.04. The average Bonchev–Trinajstić information content (AvgIpc) is 2.38. The number of pyridine rings is 1. The van der Waals surface area contributed by atoms with Crippen LogP contribution in [0, 0.1) is 5.82 Å². The van der Waals surface area contributed by atoms with Gasteiger partial charge in [-0.05, 0) is 36.4 Å². The fourth-order valence-electron chi connectivity index (χ4n) is 1.59. The van der Waals surface area contributed by atoms with Crippen molar-refractivity contribution in [1.82, 2.24) is 4.98 Å². The number of halogens is 1. The molecule has 1 aromatic heterocycles. The predicted octanol–water partition coefficient (Wildman–Crippen LogP) is 2.30. The maximum Gasteiger partial charge on any atom is 0.138 e. The Hall–Kier alpha value is -1.94. The molecule has 0 radical (unpaired) electrons. The van der Waals surface area contributed by atoms with Crippen LogP contribution in [0.3, 0.4) is 0 Å². The number of aromatic nitrogens is 1. The van der Waals surface area contributed by atoms with Crippen LogP contribution in [0.2, 0.25) is 0 Å². The van der Waals surface area contributed by atoms with Crippen LogP contribution in [0.5, 0.6) is 5.75 Å². The van der Waals surface area contributed by atoms with Crippen molar-refractivity contribution in [3.05, 3.63) is 59.7 Å². The Bertz CT molecular complexity index is 499. The van der Waals surface area contributed by atoms with Gasteiger partial charge < -0.3 is 10.5 Å². The molecule has 0 amide bonds. The highest BCUT2D eigenvalue weighted by Crippen LogP contribution is 2.12. The summed E-state index contributed by atoms with van der Waals surface area (Å²) in [4.78, 5) is 4.22. The maximum absolute atomic E-state index is 13.0. The van der Waals surface area contributed by atoms with Crippen LogP contribution in [0.4, 0.5) is 4.39 Å². The Labute approximate surface area is 105 Å². The molecule has 0 atom stereocenters. The minimum absolute atomic E-state index is 0.257. The molecule has 1 heterocycles. The van der Waals surface area contributed by atoms with Gasteiger partial charge in [-0.3, -0.25) is 4.98 Å². The lowest BCUT2D eigenvalue weighted by molar-refractivity contribution is 0.304. The van der Waals surface area contributed by atoms with E-state index in [1.165, 1.54) is 12.1 Å². The Kier molecular flexibility index (Phi) is 4.25. The molecule has 0 spiro atoms. The molecule has 18 heavy (non-hydrogen) atoms. The zero-order valence-electron chi connectivity index (χ0n) is 9.97. The third-order valence-corrected chi connectivity index (χ3v) is 2.49. The molecule has 0 bridgehead atoms. The average molecular weight is 246 g/mol. The minimum Gasteiger partial charge on any atom is -0.487 e. The molecule has 0 aliphatic carbocycles. The number of nitrogens with zero attached hydrogens (tertiary/aromatic N) is 1. The van der Waals surface area contributed by atoms with Gasteiger partial charge in [0, 0.05) is 12.1 Å². The summed E-state index contributed by atoms with van der Waals surface area (Å²) in [6, 6.07) is 10.1. The van der Waals surface area contributed by atoms with Crippen LogP contribution in [0.1, 0.15) is 11.3 Å². The molecular formula is C14H15FN2O. The molecule has 4 heteroatoms. The molecule has 0 unspecified atom stereocenters. The lowest BCUT2D eigenvalue weighted by atomic mass is 10.2. The standard InChI is InChI=1S/C14H15FN2O/c15-12-3-1-2-11(8-12)10-18-14-5-4-13(6-7-16)17-9-14/h1-5,8-9H,6-7,10,16H2. The van der Waals surface area contributed by atoms with Crippen molar-refractivity contribution in [2.75, 3.05) is 6.54 Å². The third-order valence-electron chi connectivity index (χ3n) is 2.49. The molecule has 94 valence electrons. The van der Waals surface area contributed by atoms with Crippen LogP contribution in [-0.2, 0) is 13.0 Å². The van der Waals surface area contributed by atoms with Crippen LogP contribution in [-0.4, -0.2) is 11.5 Å². The summed E-state index contributed by atoms with van der Waals surface area (Å²) in [6.07, 6.45) is 2.41. The summed E-state index contributed by atoms with van der Waals surface area (Å²) in [5.74, 6) is 0.410. The number of nitrogens with two attached hydrogens (primary N) is 1. The molecule has 0 aliphatic rings. The minimum atomic E-state index is -0.257. The van der Waals surface area contributed by atoms with Gasteiger partial charge in [0.1, 0.15) is 18.2 Å². The Balaban J connectivity index is 1.93. The van der Waals surface area contributed by atoms with Gasteiger partial charge in [0.25, 0.3) is 0 Å². The first kappa shape index (κ1) is 12.5. The summed E-state index contributed by atoms with van der Waals surface area (Å²) in [7, 11) is 0. The summed E-state index contributed by atoms with van der Waals surface area (Å²) >= 11 is 0. The van der Waals surface area contributed by atoms with Crippen molar-refractivity contribution in [3.8, 4) is 5.75 Å². The Morgan fingerprint density at radius 1 is 1.22 bits per heavy atom. The summed E-state index contributed by atoms with van der Waals surface area (Å²) in [5, 5.41) is 0. The van der Waals surface area contributed by atoms with Crippen molar-refractivity contribution in [2.24, 2.45) is 5.73 Å². The van der Waals surface area contributed by atoms with Gasteiger partial charge in [-0.2, -0.15) is 0 Å².